The zero-order valence-corrected chi connectivity index (χ0v) is 16.5. The minimum absolute atomic E-state index is 0.0467. The first-order valence-corrected chi connectivity index (χ1v) is 11.1. The summed E-state index contributed by atoms with van der Waals surface area (Å²) in [6.07, 6.45) is 3.72. The van der Waals surface area contributed by atoms with Crippen LogP contribution in [0.5, 0.6) is 5.75 Å². The highest BCUT2D eigenvalue weighted by Gasteiger charge is 2.44. The van der Waals surface area contributed by atoms with Crippen LogP contribution in [0.2, 0.25) is 0 Å². The van der Waals surface area contributed by atoms with Crippen LogP contribution < -0.4 is 10.1 Å². The van der Waals surface area contributed by atoms with E-state index in [0.717, 1.165) is 17.7 Å². The predicted molar refractivity (Wildman–Crippen MR) is 101 cm³/mol. The van der Waals surface area contributed by atoms with Crippen molar-refractivity contribution in [2.75, 3.05) is 19.3 Å². The van der Waals surface area contributed by atoms with E-state index in [1.807, 2.05) is 38.1 Å². The van der Waals surface area contributed by atoms with Crippen molar-refractivity contribution in [2.45, 2.75) is 57.1 Å². The van der Waals surface area contributed by atoms with Gasteiger partial charge in [-0.15, -0.1) is 0 Å². The lowest BCUT2D eigenvalue weighted by Crippen LogP contribution is -2.51. The smallest absolute Gasteiger partial charge is 0.220 e. The van der Waals surface area contributed by atoms with E-state index >= 15 is 0 Å². The number of ether oxygens (including phenoxy) is 1. The number of nitrogens with zero attached hydrogens (tertiary/aromatic N) is 1. The van der Waals surface area contributed by atoms with Gasteiger partial charge < -0.3 is 10.1 Å². The average molecular weight is 381 g/mol. The first-order valence-electron chi connectivity index (χ1n) is 9.21. The zero-order chi connectivity index (χ0) is 18.9. The normalized spacial score (nSPS) is 22.7. The lowest BCUT2D eigenvalue weighted by molar-refractivity contribution is -0.122. The molecule has 7 heteroatoms. The highest BCUT2D eigenvalue weighted by Crippen LogP contribution is 2.46. The van der Waals surface area contributed by atoms with Crippen molar-refractivity contribution in [3.8, 4) is 5.75 Å². The Morgan fingerprint density at radius 1 is 1.31 bits per heavy atom. The summed E-state index contributed by atoms with van der Waals surface area (Å²) in [6, 6.07) is 8.01. The largest absolute Gasteiger partial charge is 0.487 e. The summed E-state index contributed by atoms with van der Waals surface area (Å²) >= 11 is 0. The second-order valence-electron chi connectivity index (χ2n) is 7.81. The molecule has 3 rings (SSSR count). The Balaban J connectivity index is 1.80. The van der Waals surface area contributed by atoms with Gasteiger partial charge in [-0.2, -0.15) is 0 Å². The Morgan fingerprint density at radius 3 is 2.58 bits per heavy atom. The van der Waals surface area contributed by atoms with E-state index in [0.29, 0.717) is 32.4 Å². The molecule has 0 unspecified atom stereocenters. The molecule has 0 bridgehead atoms. The van der Waals surface area contributed by atoms with Crippen LogP contribution in [-0.4, -0.2) is 49.6 Å². The third-order valence-corrected chi connectivity index (χ3v) is 6.59. The molecule has 1 amide bonds. The van der Waals surface area contributed by atoms with Gasteiger partial charge in [0, 0.05) is 44.3 Å². The number of hydrogen-bond acceptors (Lipinski definition) is 4. The number of carbonyl (C=O) groups excluding carboxylic acids is 1. The van der Waals surface area contributed by atoms with Crippen LogP contribution in [0.15, 0.2) is 24.3 Å². The minimum atomic E-state index is -3.17. The van der Waals surface area contributed by atoms with Crippen molar-refractivity contribution >= 4 is 15.9 Å². The maximum absolute atomic E-state index is 12.3. The summed E-state index contributed by atoms with van der Waals surface area (Å²) in [7, 11) is -3.17. The molecule has 1 saturated heterocycles. The van der Waals surface area contributed by atoms with Gasteiger partial charge in [-0.1, -0.05) is 18.2 Å². The quantitative estimate of drug-likeness (QED) is 0.869. The van der Waals surface area contributed by atoms with E-state index in [1.54, 1.807) is 0 Å². The van der Waals surface area contributed by atoms with Crippen LogP contribution >= 0.6 is 0 Å². The van der Waals surface area contributed by atoms with Gasteiger partial charge in [0.1, 0.15) is 11.4 Å². The molecule has 1 N–H and O–H groups in total. The molecule has 0 radical (unpaired) electrons. The van der Waals surface area contributed by atoms with Crippen LogP contribution in [0.25, 0.3) is 0 Å². The highest BCUT2D eigenvalue weighted by atomic mass is 32.2. The first kappa shape index (κ1) is 19.2. The van der Waals surface area contributed by atoms with Gasteiger partial charge in [0.25, 0.3) is 0 Å². The van der Waals surface area contributed by atoms with Crippen LogP contribution in [0.3, 0.4) is 0 Å². The Hall–Kier alpha value is -1.60. The first-order chi connectivity index (χ1) is 12.2. The monoisotopic (exact) mass is 380 g/mol. The summed E-state index contributed by atoms with van der Waals surface area (Å²) < 4.78 is 31.5. The molecular formula is C19H28N2O4S. The topological polar surface area (TPSA) is 75.7 Å². The molecule has 6 nitrogen and oxygen atoms in total. The van der Waals surface area contributed by atoms with Crippen molar-refractivity contribution in [3.63, 3.8) is 0 Å². The molecule has 0 aromatic heterocycles. The third kappa shape index (κ3) is 4.20. The number of rotatable bonds is 4. The van der Waals surface area contributed by atoms with E-state index in [2.05, 4.69) is 5.32 Å². The van der Waals surface area contributed by atoms with Gasteiger partial charge >= 0.3 is 0 Å². The number of carbonyl (C=O) groups is 1. The van der Waals surface area contributed by atoms with Gasteiger partial charge in [-0.05, 0) is 31.9 Å². The zero-order valence-electron chi connectivity index (χ0n) is 15.7. The fourth-order valence-corrected chi connectivity index (χ4v) is 4.91. The number of amides is 1. The minimum Gasteiger partial charge on any atom is -0.487 e. The summed E-state index contributed by atoms with van der Waals surface area (Å²) in [5, 5.41) is 2.97. The molecular weight excluding hydrogens is 352 g/mol. The summed E-state index contributed by atoms with van der Waals surface area (Å²) in [5.41, 5.74) is 0.681. The van der Waals surface area contributed by atoms with Crippen molar-refractivity contribution in [2.24, 2.45) is 0 Å². The Morgan fingerprint density at radius 2 is 1.96 bits per heavy atom. The summed E-state index contributed by atoms with van der Waals surface area (Å²) in [5.74, 6) is 0.961. The van der Waals surface area contributed by atoms with Crippen LogP contribution in [0.1, 0.15) is 51.0 Å². The highest BCUT2D eigenvalue weighted by molar-refractivity contribution is 7.88. The second-order valence-corrected chi connectivity index (χ2v) is 9.79. The van der Waals surface area contributed by atoms with E-state index in [1.165, 1.54) is 10.6 Å². The van der Waals surface area contributed by atoms with Gasteiger partial charge in [-0.3, -0.25) is 4.79 Å². The maximum Gasteiger partial charge on any atom is 0.220 e. The van der Waals surface area contributed by atoms with Gasteiger partial charge in [0.05, 0.1) is 6.26 Å². The van der Waals surface area contributed by atoms with Crippen molar-refractivity contribution in [1.82, 2.24) is 9.62 Å². The van der Waals surface area contributed by atoms with E-state index in [4.69, 9.17) is 4.74 Å². The molecule has 1 atom stereocenters. The molecule has 1 fully saturated rings. The Labute approximate surface area is 156 Å². The maximum atomic E-state index is 12.3. The number of hydrogen-bond donors (Lipinski definition) is 1. The Bertz CT molecular complexity index is 767. The molecule has 144 valence electrons. The number of benzene rings is 1. The second kappa shape index (κ2) is 7.19. The summed E-state index contributed by atoms with van der Waals surface area (Å²) in [4.78, 5) is 12.3. The predicted octanol–water partition coefficient (Wildman–Crippen LogP) is 2.26. The van der Waals surface area contributed by atoms with Crippen LogP contribution in [-0.2, 0) is 14.8 Å². The number of fused-ring (bicyclic) bond motifs is 1. The van der Waals surface area contributed by atoms with Crippen molar-refractivity contribution < 1.29 is 17.9 Å². The molecule has 1 aromatic rings. The number of nitrogens with one attached hydrogen (secondary N) is 1. The third-order valence-electron chi connectivity index (χ3n) is 5.29. The molecule has 2 aliphatic heterocycles. The fraction of sp³-hybridized carbons (Fsp3) is 0.632. The molecule has 0 saturated carbocycles. The molecule has 1 aromatic carbocycles. The van der Waals surface area contributed by atoms with Gasteiger partial charge in [0.2, 0.25) is 15.9 Å². The van der Waals surface area contributed by atoms with Gasteiger partial charge in [0.15, 0.2) is 0 Å². The van der Waals surface area contributed by atoms with E-state index in [-0.39, 0.29) is 17.9 Å². The molecule has 1 spiro atoms. The standard InChI is InChI=1S/C19H28N2O4S/c1-14(2)20-18(22)12-15-13-19(25-17-7-5-4-6-16(15)17)8-10-21(11-9-19)26(3,23)24/h4-7,14-15H,8-13H2,1-3H3,(H,20,22)/t15-/m0/s1. The van der Waals surface area contributed by atoms with Crippen molar-refractivity contribution in [3.05, 3.63) is 29.8 Å². The fourth-order valence-electron chi connectivity index (χ4n) is 4.06. The molecule has 26 heavy (non-hydrogen) atoms. The molecule has 2 aliphatic rings. The summed E-state index contributed by atoms with van der Waals surface area (Å²) in [6.45, 7) is 4.84. The van der Waals surface area contributed by atoms with E-state index in [9.17, 15) is 13.2 Å². The molecule has 2 heterocycles. The Kier molecular flexibility index (Phi) is 5.30. The number of sulfonamides is 1. The number of para-hydroxylation sites is 1. The average Bonchev–Trinajstić information content (AvgIpc) is 2.53. The lowest BCUT2D eigenvalue weighted by Gasteiger charge is -2.46. The van der Waals surface area contributed by atoms with Crippen LogP contribution in [0, 0.1) is 0 Å². The molecule has 0 aliphatic carbocycles. The SMILES string of the molecule is CC(C)NC(=O)C[C@H]1CC2(CCN(S(C)(=O)=O)CC2)Oc2ccccc21. The van der Waals surface area contributed by atoms with E-state index < -0.39 is 15.6 Å². The number of piperidine rings is 1. The van der Waals surface area contributed by atoms with Crippen molar-refractivity contribution in [1.29, 1.82) is 0 Å². The lowest BCUT2D eigenvalue weighted by atomic mass is 9.76. The van der Waals surface area contributed by atoms with Gasteiger partial charge in [-0.25, -0.2) is 12.7 Å². The van der Waals surface area contributed by atoms with Crippen LogP contribution in [0.4, 0.5) is 0 Å².